The molecule has 128 valence electrons. The van der Waals surface area contributed by atoms with Gasteiger partial charge in [0.15, 0.2) is 9.84 Å². The predicted octanol–water partition coefficient (Wildman–Crippen LogP) is 2.28. The second-order valence-electron chi connectivity index (χ2n) is 6.64. The number of hydrogen-bond donors (Lipinski definition) is 1. The Morgan fingerprint density at radius 1 is 1.29 bits per heavy atom. The van der Waals surface area contributed by atoms with Crippen LogP contribution in [0, 0.1) is 16.7 Å². The van der Waals surface area contributed by atoms with Gasteiger partial charge in [0, 0.05) is 11.8 Å². The number of rotatable bonds is 3. The molecule has 1 amide bonds. The molecule has 0 aromatic heterocycles. The lowest BCUT2D eigenvalue weighted by atomic mass is 9.40. The highest BCUT2D eigenvalue weighted by Crippen LogP contribution is 2.66. The van der Waals surface area contributed by atoms with Gasteiger partial charge in [0.2, 0.25) is 0 Å². The zero-order chi connectivity index (χ0) is 18.0. The van der Waals surface area contributed by atoms with Gasteiger partial charge in [0.05, 0.1) is 27.5 Å². The molecule has 9 heteroatoms. The van der Waals surface area contributed by atoms with E-state index in [2.05, 4.69) is 11.4 Å². The number of alkyl halides is 3. The first kappa shape index (κ1) is 16.8. The molecule has 3 saturated carbocycles. The fraction of sp³-hybridized carbons (Fsp3) is 0.467. The molecule has 0 unspecified atom stereocenters. The number of nitrogens with one attached hydrogen (secondary N) is 1. The highest BCUT2D eigenvalue weighted by Gasteiger charge is 2.69. The van der Waals surface area contributed by atoms with E-state index in [-0.39, 0.29) is 0 Å². The molecule has 1 aromatic rings. The summed E-state index contributed by atoms with van der Waals surface area (Å²) in [5.74, 6) is -0.868. The van der Waals surface area contributed by atoms with Crippen LogP contribution in [0.2, 0.25) is 0 Å². The van der Waals surface area contributed by atoms with Crippen LogP contribution in [0.4, 0.5) is 13.2 Å². The molecule has 0 spiro atoms. The second-order valence-corrected chi connectivity index (χ2v) is 8.62. The van der Waals surface area contributed by atoms with E-state index in [1.54, 1.807) is 0 Å². The summed E-state index contributed by atoms with van der Waals surface area (Å²) in [6.07, 6.45) is -2.54. The Hall–Kier alpha value is -2.08. The van der Waals surface area contributed by atoms with Crippen molar-refractivity contribution in [3.8, 4) is 6.07 Å². The second kappa shape index (κ2) is 4.72. The van der Waals surface area contributed by atoms with Crippen molar-refractivity contribution in [1.29, 1.82) is 5.26 Å². The number of carbonyl (C=O) groups is 1. The van der Waals surface area contributed by atoms with Crippen LogP contribution in [-0.2, 0) is 16.0 Å². The van der Waals surface area contributed by atoms with Gasteiger partial charge >= 0.3 is 6.18 Å². The average molecular weight is 358 g/mol. The van der Waals surface area contributed by atoms with Crippen molar-refractivity contribution >= 4 is 15.7 Å². The molecule has 0 radical (unpaired) electrons. The number of nitriles is 1. The number of benzene rings is 1. The standard InChI is InChI=1S/C15H13F3N2O3S/c1-24(22,23)11-3-2-9(15(16,17)18)4-10(11)12(21)20-14-5-13(6-14,7-14)8-19/h2-4H,5-7H2,1H3,(H,20,21). The van der Waals surface area contributed by atoms with Crippen LogP contribution < -0.4 is 5.32 Å². The Kier molecular flexibility index (Phi) is 3.30. The third kappa shape index (κ3) is 2.55. The Morgan fingerprint density at radius 2 is 1.88 bits per heavy atom. The summed E-state index contributed by atoms with van der Waals surface area (Å²) in [6.45, 7) is 0. The van der Waals surface area contributed by atoms with E-state index in [0.29, 0.717) is 31.4 Å². The van der Waals surface area contributed by atoms with Gasteiger partial charge in [-0.3, -0.25) is 4.79 Å². The lowest BCUT2D eigenvalue weighted by molar-refractivity contribution is -0.137. The fourth-order valence-electron chi connectivity index (χ4n) is 3.55. The first-order valence-electron chi connectivity index (χ1n) is 7.05. The van der Waals surface area contributed by atoms with Gasteiger partial charge in [-0.2, -0.15) is 18.4 Å². The Bertz CT molecular complexity index is 864. The van der Waals surface area contributed by atoms with E-state index >= 15 is 0 Å². The van der Waals surface area contributed by atoms with Crippen molar-refractivity contribution in [2.75, 3.05) is 6.26 Å². The SMILES string of the molecule is CS(=O)(=O)c1ccc(C(F)(F)F)cc1C(=O)NC12CC(C#N)(C1)C2. The number of halogens is 3. The smallest absolute Gasteiger partial charge is 0.346 e. The predicted molar refractivity (Wildman–Crippen MR) is 76.6 cm³/mol. The Labute approximate surface area is 136 Å². The van der Waals surface area contributed by atoms with E-state index in [0.717, 1.165) is 12.3 Å². The number of sulfone groups is 1. The van der Waals surface area contributed by atoms with Crippen molar-refractivity contribution in [3.05, 3.63) is 29.3 Å². The summed E-state index contributed by atoms with van der Waals surface area (Å²) in [5, 5.41) is 11.6. The quantitative estimate of drug-likeness (QED) is 0.898. The molecule has 5 nitrogen and oxygen atoms in total. The molecule has 3 aliphatic rings. The number of amides is 1. The minimum absolute atomic E-state index is 0.440. The molecule has 2 bridgehead atoms. The van der Waals surface area contributed by atoms with E-state index in [1.165, 1.54) is 0 Å². The highest BCUT2D eigenvalue weighted by molar-refractivity contribution is 7.90. The van der Waals surface area contributed by atoms with Crippen LogP contribution in [0.1, 0.15) is 35.2 Å². The summed E-state index contributed by atoms with van der Waals surface area (Å²) in [5.41, 5.74) is -2.66. The lowest BCUT2D eigenvalue weighted by Gasteiger charge is -2.66. The third-order valence-electron chi connectivity index (χ3n) is 4.60. The Balaban J connectivity index is 1.93. The highest BCUT2D eigenvalue weighted by atomic mass is 32.2. The molecular formula is C15H13F3N2O3S. The maximum absolute atomic E-state index is 12.9. The lowest BCUT2D eigenvalue weighted by Crippen LogP contribution is -2.74. The molecule has 0 atom stereocenters. The van der Waals surface area contributed by atoms with Crippen LogP contribution in [0.3, 0.4) is 0 Å². The van der Waals surface area contributed by atoms with Crippen LogP contribution in [0.15, 0.2) is 23.1 Å². The molecule has 0 heterocycles. The topological polar surface area (TPSA) is 87.0 Å². The molecule has 4 rings (SSSR count). The van der Waals surface area contributed by atoms with Gasteiger partial charge < -0.3 is 5.32 Å². The zero-order valence-electron chi connectivity index (χ0n) is 12.6. The van der Waals surface area contributed by atoms with Crippen LogP contribution in [0.5, 0.6) is 0 Å². The van der Waals surface area contributed by atoms with Gasteiger partial charge in [-0.25, -0.2) is 8.42 Å². The molecule has 0 aliphatic heterocycles. The van der Waals surface area contributed by atoms with Gasteiger partial charge in [-0.1, -0.05) is 0 Å². The molecule has 24 heavy (non-hydrogen) atoms. The summed E-state index contributed by atoms with van der Waals surface area (Å²) < 4.78 is 62.1. The summed E-state index contributed by atoms with van der Waals surface area (Å²) in [7, 11) is -3.87. The van der Waals surface area contributed by atoms with Gasteiger partial charge in [-0.05, 0) is 37.5 Å². The molecule has 1 N–H and O–H groups in total. The van der Waals surface area contributed by atoms with Gasteiger partial charge in [0.1, 0.15) is 0 Å². The van der Waals surface area contributed by atoms with Gasteiger partial charge in [-0.15, -0.1) is 0 Å². The number of nitrogens with zero attached hydrogens (tertiary/aromatic N) is 1. The van der Waals surface area contributed by atoms with Gasteiger partial charge in [0.25, 0.3) is 5.91 Å². The monoisotopic (exact) mass is 358 g/mol. The fourth-order valence-corrected chi connectivity index (χ4v) is 4.42. The van der Waals surface area contributed by atoms with E-state index in [1.807, 2.05) is 0 Å². The van der Waals surface area contributed by atoms with Crippen molar-refractivity contribution in [3.63, 3.8) is 0 Å². The zero-order valence-corrected chi connectivity index (χ0v) is 13.4. The first-order valence-corrected chi connectivity index (χ1v) is 8.94. The summed E-state index contributed by atoms with van der Waals surface area (Å²) >= 11 is 0. The Morgan fingerprint density at radius 3 is 2.33 bits per heavy atom. The van der Waals surface area contributed by atoms with Crippen LogP contribution in [-0.4, -0.2) is 26.1 Å². The molecular weight excluding hydrogens is 345 g/mol. The van der Waals surface area contributed by atoms with Crippen molar-refractivity contribution in [2.24, 2.45) is 5.41 Å². The molecule has 3 aliphatic carbocycles. The molecule has 1 aromatic carbocycles. The minimum Gasteiger partial charge on any atom is -0.346 e. The molecule has 0 saturated heterocycles. The largest absolute Gasteiger partial charge is 0.416 e. The van der Waals surface area contributed by atoms with E-state index in [9.17, 15) is 26.4 Å². The summed E-state index contributed by atoms with van der Waals surface area (Å²) in [4.78, 5) is 11.9. The average Bonchev–Trinajstić information content (AvgIpc) is 2.38. The number of hydrogen-bond acceptors (Lipinski definition) is 4. The minimum atomic E-state index is -4.69. The third-order valence-corrected chi connectivity index (χ3v) is 5.75. The maximum atomic E-state index is 12.9. The molecule has 3 fully saturated rings. The normalized spacial score (nSPS) is 28.3. The van der Waals surface area contributed by atoms with Crippen molar-refractivity contribution in [2.45, 2.75) is 35.9 Å². The van der Waals surface area contributed by atoms with Crippen molar-refractivity contribution < 1.29 is 26.4 Å². The van der Waals surface area contributed by atoms with E-state index in [4.69, 9.17) is 5.26 Å². The van der Waals surface area contributed by atoms with Crippen LogP contribution in [0.25, 0.3) is 0 Å². The van der Waals surface area contributed by atoms with Crippen LogP contribution >= 0.6 is 0 Å². The van der Waals surface area contributed by atoms with E-state index < -0.39 is 48.9 Å². The maximum Gasteiger partial charge on any atom is 0.416 e. The van der Waals surface area contributed by atoms with Crippen molar-refractivity contribution in [1.82, 2.24) is 5.32 Å². The number of carbonyl (C=O) groups excluding carboxylic acids is 1. The first-order chi connectivity index (χ1) is 10.9. The summed E-state index contributed by atoms with van der Waals surface area (Å²) in [6, 6.07) is 4.14.